The summed E-state index contributed by atoms with van der Waals surface area (Å²) in [6.07, 6.45) is 1.30. The highest BCUT2D eigenvalue weighted by molar-refractivity contribution is 5.74. The predicted octanol–water partition coefficient (Wildman–Crippen LogP) is 2.96. The second-order valence-corrected chi connectivity index (χ2v) is 5.43. The number of halogens is 1. The first kappa shape index (κ1) is 17.4. The molecule has 0 aromatic heterocycles. The van der Waals surface area contributed by atoms with Crippen LogP contribution in [0.5, 0.6) is 0 Å². The van der Waals surface area contributed by atoms with Crippen LogP contribution in [0, 0.1) is 19.7 Å². The molecule has 2 atom stereocenters. The van der Waals surface area contributed by atoms with E-state index in [1.54, 1.807) is 26.0 Å². The third kappa shape index (κ3) is 5.01. The van der Waals surface area contributed by atoms with E-state index in [9.17, 15) is 9.18 Å². The van der Waals surface area contributed by atoms with E-state index in [4.69, 9.17) is 5.11 Å². The summed E-state index contributed by atoms with van der Waals surface area (Å²) in [5, 5.41) is 14.6. The molecule has 0 aliphatic heterocycles. The highest BCUT2D eigenvalue weighted by Gasteiger charge is 2.14. The van der Waals surface area contributed by atoms with Crippen LogP contribution in [0.15, 0.2) is 12.1 Å². The van der Waals surface area contributed by atoms with Gasteiger partial charge in [-0.25, -0.2) is 9.18 Å². The molecule has 0 radical (unpaired) electrons. The molecule has 4 nitrogen and oxygen atoms in total. The summed E-state index contributed by atoms with van der Waals surface area (Å²) in [5.41, 5.74) is 2.02. The summed E-state index contributed by atoms with van der Waals surface area (Å²) in [5.74, 6) is -0.204. The van der Waals surface area contributed by atoms with Gasteiger partial charge in [0.25, 0.3) is 0 Å². The Balaban J connectivity index is 2.68. The minimum atomic E-state index is -0.276. The zero-order chi connectivity index (χ0) is 16.0. The molecule has 0 saturated heterocycles. The fourth-order valence-electron chi connectivity index (χ4n) is 2.27. The first-order chi connectivity index (χ1) is 9.88. The van der Waals surface area contributed by atoms with Gasteiger partial charge in [0.2, 0.25) is 0 Å². The first-order valence-electron chi connectivity index (χ1n) is 7.33. The lowest BCUT2D eigenvalue weighted by Crippen LogP contribution is -2.43. The number of aryl methyl sites for hydroxylation is 2. The number of hydrogen-bond acceptors (Lipinski definition) is 2. The fourth-order valence-corrected chi connectivity index (χ4v) is 2.27. The van der Waals surface area contributed by atoms with Crippen LogP contribution >= 0.6 is 0 Å². The van der Waals surface area contributed by atoms with Gasteiger partial charge >= 0.3 is 6.03 Å². The molecule has 0 aliphatic carbocycles. The number of carbonyl (C=O) groups is 1. The van der Waals surface area contributed by atoms with Crippen LogP contribution in [0.25, 0.3) is 0 Å². The number of amides is 2. The smallest absolute Gasteiger partial charge is 0.315 e. The molecule has 0 aliphatic rings. The number of nitrogens with one attached hydrogen (secondary N) is 2. The molecule has 0 heterocycles. The van der Waals surface area contributed by atoms with E-state index in [-0.39, 0.29) is 30.5 Å². The van der Waals surface area contributed by atoms with Crippen LogP contribution in [0.3, 0.4) is 0 Å². The lowest BCUT2D eigenvalue weighted by molar-refractivity contribution is 0.225. The van der Waals surface area contributed by atoms with Crippen molar-refractivity contribution in [1.82, 2.24) is 10.6 Å². The Morgan fingerprint density at radius 2 is 1.86 bits per heavy atom. The summed E-state index contributed by atoms with van der Waals surface area (Å²) in [6, 6.07) is 2.97. The number of rotatable bonds is 6. The van der Waals surface area contributed by atoms with Gasteiger partial charge in [-0.2, -0.15) is 0 Å². The van der Waals surface area contributed by atoms with Crippen molar-refractivity contribution in [3.63, 3.8) is 0 Å². The number of carbonyl (C=O) groups excluding carboxylic acids is 1. The molecule has 0 fully saturated rings. The van der Waals surface area contributed by atoms with E-state index in [2.05, 4.69) is 10.6 Å². The van der Waals surface area contributed by atoms with E-state index < -0.39 is 0 Å². The van der Waals surface area contributed by atoms with Crippen molar-refractivity contribution in [2.24, 2.45) is 0 Å². The third-order valence-corrected chi connectivity index (χ3v) is 3.61. The molecule has 1 aromatic rings. The van der Waals surface area contributed by atoms with Crippen LogP contribution < -0.4 is 10.6 Å². The molecule has 2 unspecified atom stereocenters. The van der Waals surface area contributed by atoms with Gasteiger partial charge in [-0.05, 0) is 50.3 Å². The maximum Gasteiger partial charge on any atom is 0.315 e. The molecule has 118 valence electrons. The van der Waals surface area contributed by atoms with E-state index in [0.29, 0.717) is 17.5 Å². The van der Waals surface area contributed by atoms with Crippen LogP contribution in [0.1, 0.15) is 49.4 Å². The van der Waals surface area contributed by atoms with E-state index in [1.165, 1.54) is 0 Å². The maximum atomic E-state index is 13.6. The summed E-state index contributed by atoms with van der Waals surface area (Å²) >= 11 is 0. The molecule has 0 spiro atoms. The standard InChI is InChI=1S/C16H25FN2O2/c1-5-14(6-7-20)19-16(21)18-12(4)13-8-10(2)15(17)11(3)9-13/h8-9,12,14,20H,5-7H2,1-4H3,(H2,18,19,21). The normalized spacial score (nSPS) is 13.6. The van der Waals surface area contributed by atoms with Crippen LogP contribution in [-0.4, -0.2) is 23.8 Å². The van der Waals surface area contributed by atoms with Gasteiger partial charge in [-0.3, -0.25) is 0 Å². The van der Waals surface area contributed by atoms with Crippen molar-refractivity contribution >= 4 is 6.03 Å². The van der Waals surface area contributed by atoms with Gasteiger partial charge in [0.15, 0.2) is 0 Å². The number of aliphatic hydroxyl groups is 1. The molecular weight excluding hydrogens is 271 g/mol. The Hall–Kier alpha value is -1.62. The molecule has 0 saturated carbocycles. The minimum absolute atomic E-state index is 0.0427. The first-order valence-corrected chi connectivity index (χ1v) is 7.33. The monoisotopic (exact) mass is 296 g/mol. The fraction of sp³-hybridized carbons (Fsp3) is 0.562. The van der Waals surface area contributed by atoms with Crippen molar-refractivity contribution in [3.8, 4) is 0 Å². The second kappa shape index (κ2) is 7.98. The van der Waals surface area contributed by atoms with Gasteiger partial charge in [0, 0.05) is 12.6 Å². The lowest BCUT2D eigenvalue weighted by Gasteiger charge is -2.20. The Bertz CT molecular complexity index is 468. The molecule has 5 heteroatoms. The summed E-state index contributed by atoms with van der Waals surface area (Å²) in [7, 11) is 0. The Kier molecular flexibility index (Phi) is 6.62. The molecule has 2 amide bonds. The van der Waals surface area contributed by atoms with Crippen molar-refractivity contribution in [3.05, 3.63) is 34.6 Å². The highest BCUT2D eigenvalue weighted by atomic mass is 19.1. The van der Waals surface area contributed by atoms with E-state index in [0.717, 1.165) is 12.0 Å². The number of benzene rings is 1. The average Bonchev–Trinajstić information content (AvgIpc) is 2.43. The van der Waals surface area contributed by atoms with Crippen molar-refractivity contribution in [1.29, 1.82) is 0 Å². The maximum absolute atomic E-state index is 13.6. The number of aliphatic hydroxyl groups excluding tert-OH is 1. The molecule has 0 bridgehead atoms. The summed E-state index contributed by atoms with van der Waals surface area (Å²) < 4.78 is 13.6. The highest BCUT2D eigenvalue weighted by Crippen LogP contribution is 2.19. The van der Waals surface area contributed by atoms with Crippen molar-refractivity contribution < 1.29 is 14.3 Å². The molecule has 1 aromatic carbocycles. The number of hydrogen-bond donors (Lipinski definition) is 3. The molecular formula is C16H25FN2O2. The van der Waals surface area contributed by atoms with Crippen molar-refractivity contribution in [2.45, 2.75) is 52.6 Å². The molecule has 1 rings (SSSR count). The van der Waals surface area contributed by atoms with Gasteiger partial charge in [-0.15, -0.1) is 0 Å². The summed E-state index contributed by atoms with van der Waals surface area (Å²) in [6.45, 7) is 7.29. The van der Waals surface area contributed by atoms with Gasteiger partial charge < -0.3 is 15.7 Å². The number of urea groups is 1. The van der Waals surface area contributed by atoms with Crippen LogP contribution in [0.4, 0.5) is 9.18 Å². The zero-order valence-electron chi connectivity index (χ0n) is 13.2. The van der Waals surface area contributed by atoms with Crippen LogP contribution in [0.2, 0.25) is 0 Å². The van der Waals surface area contributed by atoms with Gasteiger partial charge in [0.05, 0.1) is 6.04 Å². The van der Waals surface area contributed by atoms with E-state index >= 15 is 0 Å². The van der Waals surface area contributed by atoms with Gasteiger partial charge in [-0.1, -0.05) is 19.1 Å². The Morgan fingerprint density at radius 1 is 1.29 bits per heavy atom. The average molecular weight is 296 g/mol. The Labute approximate surface area is 125 Å². The van der Waals surface area contributed by atoms with Gasteiger partial charge in [0.1, 0.15) is 5.82 Å². The van der Waals surface area contributed by atoms with Crippen molar-refractivity contribution in [2.75, 3.05) is 6.61 Å². The SMILES string of the molecule is CCC(CCO)NC(=O)NC(C)c1cc(C)c(F)c(C)c1. The van der Waals surface area contributed by atoms with E-state index in [1.807, 2.05) is 13.8 Å². The second-order valence-electron chi connectivity index (χ2n) is 5.43. The topological polar surface area (TPSA) is 61.4 Å². The largest absolute Gasteiger partial charge is 0.396 e. The molecule has 3 N–H and O–H groups in total. The summed E-state index contributed by atoms with van der Waals surface area (Å²) in [4.78, 5) is 11.9. The quantitative estimate of drug-likeness (QED) is 0.756. The zero-order valence-corrected chi connectivity index (χ0v) is 13.2. The predicted molar refractivity (Wildman–Crippen MR) is 81.7 cm³/mol. The Morgan fingerprint density at radius 3 is 2.33 bits per heavy atom. The minimum Gasteiger partial charge on any atom is -0.396 e. The third-order valence-electron chi connectivity index (χ3n) is 3.61. The molecule has 21 heavy (non-hydrogen) atoms. The van der Waals surface area contributed by atoms with Crippen LogP contribution in [-0.2, 0) is 0 Å². The lowest BCUT2D eigenvalue weighted by atomic mass is 10.0.